The normalized spacial score (nSPS) is 12.9. The number of nitrogens with zero attached hydrogens (tertiary/aromatic N) is 1. The number of hydrogen-bond donors (Lipinski definition) is 2. The Hall–Kier alpha value is -1.45. The fraction of sp³-hybridized carbons (Fsp3) is 0.308. The smallest absolute Gasteiger partial charge is 0.0481 e. The van der Waals surface area contributed by atoms with Crippen LogP contribution in [0.5, 0.6) is 0 Å². The maximum atomic E-state index is 5.60. The van der Waals surface area contributed by atoms with E-state index in [0.29, 0.717) is 0 Å². The second-order valence-electron chi connectivity index (χ2n) is 3.96. The van der Waals surface area contributed by atoms with Gasteiger partial charge < -0.3 is 0 Å². The van der Waals surface area contributed by atoms with Crippen molar-refractivity contribution in [2.75, 3.05) is 0 Å². The van der Waals surface area contributed by atoms with Crippen LogP contribution in [-0.2, 0) is 0 Å². The maximum Gasteiger partial charge on any atom is 0.0481 e. The van der Waals surface area contributed by atoms with Gasteiger partial charge in [0.2, 0.25) is 0 Å². The molecule has 0 saturated heterocycles. The van der Waals surface area contributed by atoms with Crippen LogP contribution in [0, 0.1) is 0 Å². The van der Waals surface area contributed by atoms with Crippen molar-refractivity contribution in [1.82, 2.24) is 10.4 Å². The molecule has 1 atom stereocenters. The molecule has 3 N–H and O–H groups in total. The highest BCUT2D eigenvalue weighted by molar-refractivity contribution is 5.85. The van der Waals surface area contributed by atoms with E-state index in [0.717, 1.165) is 18.2 Å². The third-order valence-corrected chi connectivity index (χ3v) is 2.85. The van der Waals surface area contributed by atoms with Gasteiger partial charge in [-0.15, -0.1) is 0 Å². The van der Waals surface area contributed by atoms with Crippen LogP contribution in [0.2, 0.25) is 0 Å². The fourth-order valence-electron chi connectivity index (χ4n) is 2.03. The fourth-order valence-corrected chi connectivity index (χ4v) is 2.03. The van der Waals surface area contributed by atoms with Crippen LogP contribution in [0.15, 0.2) is 36.7 Å². The van der Waals surface area contributed by atoms with E-state index >= 15 is 0 Å². The Balaban J connectivity index is 2.50. The maximum absolute atomic E-state index is 5.60. The summed E-state index contributed by atoms with van der Waals surface area (Å²) in [6.45, 7) is 2.16. The summed E-state index contributed by atoms with van der Waals surface area (Å²) in [5, 5.41) is 2.39. The molecule has 0 bridgehead atoms. The Labute approximate surface area is 95.7 Å². The quantitative estimate of drug-likeness (QED) is 0.608. The summed E-state index contributed by atoms with van der Waals surface area (Å²) in [7, 11) is 0. The van der Waals surface area contributed by atoms with Gasteiger partial charge in [0.05, 0.1) is 0 Å². The molecular weight excluding hydrogens is 198 g/mol. The zero-order valence-electron chi connectivity index (χ0n) is 9.48. The van der Waals surface area contributed by atoms with Crippen molar-refractivity contribution >= 4 is 10.8 Å². The molecule has 1 aromatic heterocycles. The zero-order valence-corrected chi connectivity index (χ0v) is 9.48. The van der Waals surface area contributed by atoms with Crippen LogP contribution >= 0.6 is 0 Å². The molecule has 2 aromatic rings. The van der Waals surface area contributed by atoms with Crippen molar-refractivity contribution < 1.29 is 0 Å². The van der Waals surface area contributed by atoms with Crippen molar-refractivity contribution in [2.24, 2.45) is 5.84 Å². The van der Waals surface area contributed by atoms with Crippen molar-refractivity contribution in [3.8, 4) is 0 Å². The van der Waals surface area contributed by atoms with Crippen molar-refractivity contribution in [3.05, 3.63) is 42.2 Å². The number of pyridine rings is 1. The van der Waals surface area contributed by atoms with Crippen LogP contribution in [-0.4, -0.2) is 4.98 Å². The third kappa shape index (κ3) is 2.05. The number of rotatable bonds is 4. The SMILES string of the molecule is CCCC(NN)c1cncc2ccccc12. The standard InChI is InChI=1S/C13H17N3/c1-2-5-13(16-14)12-9-15-8-10-6-3-4-7-11(10)12/h3-4,6-9,13,16H,2,5,14H2,1H3. The molecule has 3 heteroatoms. The number of aromatic nitrogens is 1. The monoisotopic (exact) mass is 215 g/mol. The van der Waals surface area contributed by atoms with E-state index in [1.165, 1.54) is 10.9 Å². The number of nitrogens with one attached hydrogen (secondary N) is 1. The van der Waals surface area contributed by atoms with E-state index in [1.54, 1.807) is 0 Å². The minimum absolute atomic E-state index is 0.184. The molecule has 0 aliphatic rings. The first-order valence-corrected chi connectivity index (χ1v) is 5.65. The lowest BCUT2D eigenvalue weighted by molar-refractivity contribution is 0.512. The summed E-state index contributed by atoms with van der Waals surface area (Å²) in [6.07, 6.45) is 5.91. The molecule has 1 heterocycles. The minimum Gasteiger partial charge on any atom is -0.271 e. The van der Waals surface area contributed by atoms with Gasteiger partial charge >= 0.3 is 0 Å². The van der Waals surface area contributed by atoms with Crippen LogP contribution in [0.4, 0.5) is 0 Å². The molecule has 0 aliphatic carbocycles. The summed E-state index contributed by atoms with van der Waals surface area (Å²) < 4.78 is 0. The first kappa shape index (κ1) is 11.0. The van der Waals surface area contributed by atoms with Crippen molar-refractivity contribution in [2.45, 2.75) is 25.8 Å². The van der Waals surface area contributed by atoms with E-state index in [9.17, 15) is 0 Å². The second kappa shape index (κ2) is 5.05. The van der Waals surface area contributed by atoms with Gasteiger partial charge in [0.25, 0.3) is 0 Å². The van der Waals surface area contributed by atoms with Crippen molar-refractivity contribution in [1.29, 1.82) is 0 Å². The molecule has 0 aliphatic heterocycles. The molecule has 3 nitrogen and oxygen atoms in total. The van der Waals surface area contributed by atoms with Crippen LogP contribution in [0.3, 0.4) is 0 Å². The minimum atomic E-state index is 0.184. The predicted molar refractivity (Wildman–Crippen MR) is 66.7 cm³/mol. The summed E-state index contributed by atoms with van der Waals surface area (Å²) in [5.74, 6) is 5.60. The first-order chi connectivity index (χ1) is 7.86. The Morgan fingerprint density at radius 1 is 1.31 bits per heavy atom. The summed E-state index contributed by atoms with van der Waals surface area (Å²) in [5.41, 5.74) is 4.05. The van der Waals surface area contributed by atoms with Gasteiger partial charge in [0.15, 0.2) is 0 Å². The molecule has 1 aromatic carbocycles. The topological polar surface area (TPSA) is 50.9 Å². The molecule has 1 unspecified atom stereocenters. The zero-order chi connectivity index (χ0) is 11.4. The number of fused-ring (bicyclic) bond motifs is 1. The van der Waals surface area contributed by atoms with Crippen molar-refractivity contribution in [3.63, 3.8) is 0 Å². The van der Waals surface area contributed by atoms with E-state index < -0.39 is 0 Å². The third-order valence-electron chi connectivity index (χ3n) is 2.85. The van der Waals surface area contributed by atoms with E-state index in [4.69, 9.17) is 5.84 Å². The predicted octanol–water partition coefficient (Wildman–Crippen LogP) is 2.54. The van der Waals surface area contributed by atoms with E-state index in [1.807, 2.05) is 24.5 Å². The number of hydrogen-bond acceptors (Lipinski definition) is 3. The Morgan fingerprint density at radius 2 is 2.12 bits per heavy atom. The van der Waals surface area contributed by atoms with Gasteiger partial charge in [-0.25, -0.2) is 0 Å². The lowest BCUT2D eigenvalue weighted by atomic mass is 9.99. The van der Waals surface area contributed by atoms with Gasteiger partial charge in [0, 0.05) is 23.8 Å². The van der Waals surface area contributed by atoms with Gasteiger partial charge in [-0.1, -0.05) is 37.6 Å². The lowest BCUT2D eigenvalue weighted by Gasteiger charge is -2.16. The summed E-state index contributed by atoms with van der Waals surface area (Å²) in [4.78, 5) is 4.27. The molecular formula is C13H17N3. The molecule has 0 radical (unpaired) electrons. The molecule has 0 saturated carbocycles. The molecule has 0 amide bonds. The Morgan fingerprint density at radius 3 is 2.88 bits per heavy atom. The van der Waals surface area contributed by atoms with Gasteiger partial charge in [0.1, 0.15) is 0 Å². The highest BCUT2D eigenvalue weighted by Crippen LogP contribution is 2.25. The highest BCUT2D eigenvalue weighted by Gasteiger charge is 2.11. The highest BCUT2D eigenvalue weighted by atomic mass is 15.2. The Kier molecular flexibility index (Phi) is 3.49. The average Bonchev–Trinajstić information content (AvgIpc) is 2.35. The summed E-state index contributed by atoms with van der Waals surface area (Å²) in [6, 6.07) is 8.45. The van der Waals surface area contributed by atoms with Crippen LogP contribution in [0.25, 0.3) is 10.8 Å². The van der Waals surface area contributed by atoms with Gasteiger partial charge in [-0.3, -0.25) is 16.3 Å². The van der Waals surface area contributed by atoms with Gasteiger partial charge in [-0.2, -0.15) is 0 Å². The largest absolute Gasteiger partial charge is 0.271 e. The van der Waals surface area contributed by atoms with E-state index in [2.05, 4.69) is 29.5 Å². The second-order valence-corrected chi connectivity index (χ2v) is 3.96. The van der Waals surface area contributed by atoms with Gasteiger partial charge in [-0.05, 0) is 17.4 Å². The molecule has 16 heavy (non-hydrogen) atoms. The summed E-state index contributed by atoms with van der Waals surface area (Å²) >= 11 is 0. The number of nitrogens with two attached hydrogens (primary N) is 1. The van der Waals surface area contributed by atoms with Crippen LogP contribution < -0.4 is 11.3 Å². The number of benzene rings is 1. The number of hydrazine groups is 1. The Bertz CT molecular complexity index is 462. The molecule has 0 fully saturated rings. The molecule has 2 rings (SSSR count). The average molecular weight is 215 g/mol. The molecule has 0 spiro atoms. The molecule has 84 valence electrons. The van der Waals surface area contributed by atoms with Crippen LogP contribution in [0.1, 0.15) is 31.4 Å². The lowest BCUT2D eigenvalue weighted by Crippen LogP contribution is -2.28. The first-order valence-electron chi connectivity index (χ1n) is 5.65. The van der Waals surface area contributed by atoms with E-state index in [-0.39, 0.29) is 6.04 Å².